The van der Waals surface area contributed by atoms with Crippen molar-refractivity contribution in [2.45, 2.75) is 59.2 Å². The Morgan fingerprint density at radius 1 is 1.12 bits per heavy atom. The molecule has 0 aliphatic heterocycles. The van der Waals surface area contributed by atoms with Crippen LogP contribution in [0.25, 0.3) is 0 Å². The van der Waals surface area contributed by atoms with Crippen molar-refractivity contribution in [3.8, 4) is 5.75 Å². The van der Waals surface area contributed by atoms with Crippen molar-refractivity contribution in [2.24, 2.45) is 0 Å². The summed E-state index contributed by atoms with van der Waals surface area (Å²) in [5.74, 6) is 1.00. The number of hydrogen-bond acceptors (Lipinski definition) is 2. The standard InChI is InChI=1S/C15H25NO/c1-6-12(4)17-15-10-8-7-9-14(15)13(5)16-11(2)3/h7-13,16H,6H2,1-5H3/t12-,13-/m1/s1. The third-order valence-electron chi connectivity index (χ3n) is 2.87. The molecule has 0 bridgehead atoms. The molecule has 0 saturated carbocycles. The van der Waals surface area contributed by atoms with Crippen LogP contribution in [0.2, 0.25) is 0 Å². The third kappa shape index (κ3) is 4.39. The molecule has 0 spiro atoms. The van der Waals surface area contributed by atoms with Gasteiger partial charge in [0.15, 0.2) is 0 Å². The van der Waals surface area contributed by atoms with Crippen molar-refractivity contribution in [2.75, 3.05) is 0 Å². The van der Waals surface area contributed by atoms with Gasteiger partial charge in [0, 0.05) is 17.6 Å². The Bertz CT molecular complexity index is 335. The summed E-state index contributed by atoms with van der Waals surface area (Å²) in [5, 5.41) is 3.51. The Hall–Kier alpha value is -1.02. The number of hydrogen-bond donors (Lipinski definition) is 1. The highest BCUT2D eigenvalue weighted by Gasteiger charge is 2.13. The summed E-state index contributed by atoms with van der Waals surface area (Å²) < 4.78 is 5.96. The molecule has 0 aliphatic carbocycles. The van der Waals surface area contributed by atoms with E-state index in [1.165, 1.54) is 5.56 Å². The van der Waals surface area contributed by atoms with Crippen LogP contribution in [0.5, 0.6) is 5.75 Å². The molecular formula is C15H25NO. The highest BCUT2D eigenvalue weighted by atomic mass is 16.5. The maximum atomic E-state index is 5.96. The van der Waals surface area contributed by atoms with E-state index in [4.69, 9.17) is 4.74 Å². The zero-order chi connectivity index (χ0) is 12.8. The summed E-state index contributed by atoms with van der Waals surface area (Å²) in [4.78, 5) is 0. The van der Waals surface area contributed by atoms with Gasteiger partial charge in [-0.25, -0.2) is 0 Å². The molecule has 96 valence electrons. The highest BCUT2D eigenvalue weighted by molar-refractivity contribution is 5.35. The summed E-state index contributed by atoms with van der Waals surface area (Å²) in [6.07, 6.45) is 1.29. The van der Waals surface area contributed by atoms with E-state index in [2.05, 4.69) is 58.1 Å². The van der Waals surface area contributed by atoms with Crippen molar-refractivity contribution in [3.63, 3.8) is 0 Å². The minimum absolute atomic E-state index is 0.266. The molecule has 2 heteroatoms. The summed E-state index contributed by atoms with van der Waals surface area (Å²) in [6.45, 7) is 10.8. The third-order valence-corrected chi connectivity index (χ3v) is 2.87. The van der Waals surface area contributed by atoms with E-state index in [9.17, 15) is 0 Å². The molecule has 0 aromatic heterocycles. The molecule has 2 atom stereocenters. The Balaban J connectivity index is 2.83. The first-order chi connectivity index (χ1) is 8.04. The van der Waals surface area contributed by atoms with Gasteiger partial charge in [0.1, 0.15) is 5.75 Å². The first-order valence-corrected chi connectivity index (χ1v) is 6.56. The van der Waals surface area contributed by atoms with Gasteiger partial charge in [-0.2, -0.15) is 0 Å². The molecule has 0 saturated heterocycles. The van der Waals surface area contributed by atoms with Crippen molar-refractivity contribution in [1.82, 2.24) is 5.32 Å². The Kier molecular flexibility index (Phi) is 5.49. The average Bonchev–Trinajstić information content (AvgIpc) is 2.28. The number of benzene rings is 1. The van der Waals surface area contributed by atoms with E-state index in [0.717, 1.165) is 12.2 Å². The molecule has 1 N–H and O–H groups in total. The van der Waals surface area contributed by atoms with Gasteiger partial charge < -0.3 is 10.1 Å². The largest absolute Gasteiger partial charge is 0.490 e. The first kappa shape index (κ1) is 14.0. The molecule has 0 unspecified atom stereocenters. The van der Waals surface area contributed by atoms with E-state index in [1.54, 1.807) is 0 Å². The fourth-order valence-corrected chi connectivity index (χ4v) is 1.84. The zero-order valence-corrected chi connectivity index (χ0v) is 11.7. The quantitative estimate of drug-likeness (QED) is 0.807. The lowest BCUT2D eigenvalue weighted by Gasteiger charge is -2.22. The molecule has 0 aliphatic rings. The molecular weight excluding hydrogens is 210 g/mol. The molecule has 0 fully saturated rings. The summed E-state index contributed by atoms with van der Waals surface area (Å²) in [5.41, 5.74) is 1.24. The van der Waals surface area contributed by atoms with Crippen molar-refractivity contribution in [3.05, 3.63) is 29.8 Å². The van der Waals surface area contributed by atoms with Crippen LogP contribution in [0.4, 0.5) is 0 Å². The first-order valence-electron chi connectivity index (χ1n) is 6.56. The van der Waals surface area contributed by atoms with Crippen LogP contribution in [-0.4, -0.2) is 12.1 Å². The summed E-state index contributed by atoms with van der Waals surface area (Å²) in [6, 6.07) is 9.08. The fourth-order valence-electron chi connectivity index (χ4n) is 1.84. The van der Waals surface area contributed by atoms with Gasteiger partial charge in [0.05, 0.1) is 6.10 Å². The molecule has 1 aromatic rings. The number of rotatable bonds is 6. The molecule has 0 radical (unpaired) electrons. The van der Waals surface area contributed by atoms with E-state index in [1.807, 2.05) is 6.07 Å². The average molecular weight is 235 g/mol. The SMILES string of the molecule is CC[C@@H](C)Oc1ccccc1[C@@H](C)NC(C)C. The topological polar surface area (TPSA) is 21.3 Å². The maximum Gasteiger partial charge on any atom is 0.124 e. The molecule has 17 heavy (non-hydrogen) atoms. The van der Waals surface area contributed by atoms with Crippen molar-refractivity contribution >= 4 is 0 Å². The lowest BCUT2D eigenvalue weighted by molar-refractivity contribution is 0.213. The van der Waals surface area contributed by atoms with Crippen LogP contribution < -0.4 is 10.1 Å². The van der Waals surface area contributed by atoms with Crippen LogP contribution in [0.15, 0.2) is 24.3 Å². The highest BCUT2D eigenvalue weighted by Crippen LogP contribution is 2.26. The molecule has 2 nitrogen and oxygen atoms in total. The molecule has 1 rings (SSSR count). The lowest BCUT2D eigenvalue weighted by Crippen LogP contribution is -2.26. The van der Waals surface area contributed by atoms with E-state index >= 15 is 0 Å². The van der Waals surface area contributed by atoms with Crippen LogP contribution in [-0.2, 0) is 0 Å². The minimum Gasteiger partial charge on any atom is -0.490 e. The van der Waals surface area contributed by atoms with Gasteiger partial charge in [-0.05, 0) is 26.3 Å². The second kappa shape index (κ2) is 6.65. The van der Waals surface area contributed by atoms with Gasteiger partial charge in [-0.3, -0.25) is 0 Å². The van der Waals surface area contributed by atoms with E-state index < -0.39 is 0 Å². The van der Waals surface area contributed by atoms with Crippen molar-refractivity contribution < 1.29 is 4.74 Å². The number of nitrogens with one attached hydrogen (secondary N) is 1. The predicted octanol–water partition coefficient (Wildman–Crippen LogP) is 3.92. The molecule has 0 amide bonds. The zero-order valence-electron chi connectivity index (χ0n) is 11.7. The second-order valence-corrected chi connectivity index (χ2v) is 4.92. The lowest BCUT2D eigenvalue weighted by atomic mass is 10.1. The molecule has 0 heterocycles. The van der Waals surface area contributed by atoms with Crippen LogP contribution in [0.3, 0.4) is 0 Å². The normalized spacial score (nSPS) is 14.7. The Labute approximate surface area is 105 Å². The van der Waals surface area contributed by atoms with Gasteiger partial charge >= 0.3 is 0 Å². The van der Waals surface area contributed by atoms with Crippen LogP contribution >= 0.6 is 0 Å². The Morgan fingerprint density at radius 2 is 1.76 bits per heavy atom. The fraction of sp³-hybridized carbons (Fsp3) is 0.600. The Morgan fingerprint density at radius 3 is 2.35 bits per heavy atom. The summed E-state index contributed by atoms with van der Waals surface area (Å²) in [7, 11) is 0. The smallest absolute Gasteiger partial charge is 0.124 e. The van der Waals surface area contributed by atoms with Gasteiger partial charge in [0.2, 0.25) is 0 Å². The van der Waals surface area contributed by atoms with Gasteiger partial charge in [0.25, 0.3) is 0 Å². The maximum absolute atomic E-state index is 5.96. The van der Waals surface area contributed by atoms with Gasteiger partial charge in [-0.1, -0.05) is 39.0 Å². The number of para-hydroxylation sites is 1. The van der Waals surface area contributed by atoms with Crippen LogP contribution in [0.1, 0.15) is 52.6 Å². The number of ether oxygens (including phenoxy) is 1. The van der Waals surface area contributed by atoms with Crippen molar-refractivity contribution in [1.29, 1.82) is 0 Å². The van der Waals surface area contributed by atoms with Crippen LogP contribution in [0, 0.1) is 0 Å². The molecule has 1 aromatic carbocycles. The minimum atomic E-state index is 0.266. The van der Waals surface area contributed by atoms with E-state index in [0.29, 0.717) is 12.1 Å². The van der Waals surface area contributed by atoms with E-state index in [-0.39, 0.29) is 6.10 Å². The monoisotopic (exact) mass is 235 g/mol. The predicted molar refractivity (Wildman–Crippen MR) is 73.5 cm³/mol. The second-order valence-electron chi connectivity index (χ2n) is 4.92. The van der Waals surface area contributed by atoms with Gasteiger partial charge in [-0.15, -0.1) is 0 Å². The summed E-state index contributed by atoms with van der Waals surface area (Å²) >= 11 is 0.